The monoisotopic (exact) mass is 318 g/mol. The molecule has 0 spiro atoms. The van der Waals surface area contributed by atoms with Gasteiger partial charge in [0.15, 0.2) is 0 Å². The average Bonchev–Trinajstić information content (AvgIpc) is 2.49. The minimum atomic E-state index is -0.442. The molecule has 0 amide bonds. The van der Waals surface area contributed by atoms with Gasteiger partial charge in [-0.05, 0) is 36.4 Å². The first-order valence-electron chi connectivity index (χ1n) is 5.90. The lowest BCUT2D eigenvalue weighted by Gasteiger charge is -2.08. The molecule has 0 bridgehead atoms. The number of nitrogen functional groups attached to an aromatic ring is 1. The predicted octanol–water partition coefficient (Wildman–Crippen LogP) is 3.73. The highest BCUT2D eigenvalue weighted by atomic mass is 35.5. The summed E-state index contributed by atoms with van der Waals surface area (Å²) in [5.41, 5.74) is 7.25. The topological polar surface area (TPSA) is 76.1 Å². The van der Waals surface area contributed by atoms with Crippen molar-refractivity contribution in [2.45, 2.75) is 9.79 Å². The fraction of sp³-hybridized carbons (Fsp3) is 0.0667. The van der Waals surface area contributed by atoms with Crippen molar-refractivity contribution in [2.75, 3.05) is 12.8 Å². The van der Waals surface area contributed by atoms with Crippen LogP contribution >= 0.6 is 23.4 Å². The number of anilines is 1. The molecule has 0 saturated carbocycles. The van der Waals surface area contributed by atoms with E-state index in [1.807, 2.05) is 0 Å². The highest BCUT2D eigenvalue weighted by Crippen LogP contribution is 2.35. The summed E-state index contributed by atoms with van der Waals surface area (Å²) in [5.74, 6) is -0.442. The molecule has 6 heteroatoms. The maximum absolute atomic E-state index is 11.4. The Labute approximate surface area is 131 Å². The van der Waals surface area contributed by atoms with Crippen molar-refractivity contribution in [3.05, 3.63) is 52.5 Å². The predicted molar refractivity (Wildman–Crippen MR) is 82.5 cm³/mol. The third kappa shape index (κ3) is 3.48. The SMILES string of the molecule is COC(=O)c1ccc(Sc2ccc(Cl)cc2C#N)c(N)c1. The molecule has 0 atom stereocenters. The molecule has 4 nitrogen and oxygen atoms in total. The molecule has 2 aromatic carbocycles. The van der Waals surface area contributed by atoms with E-state index in [1.165, 1.54) is 18.9 Å². The van der Waals surface area contributed by atoms with Gasteiger partial charge in [-0.25, -0.2) is 4.79 Å². The summed E-state index contributed by atoms with van der Waals surface area (Å²) in [4.78, 5) is 12.9. The van der Waals surface area contributed by atoms with Crippen molar-refractivity contribution in [1.29, 1.82) is 5.26 Å². The van der Waals surface area contributed by atoms with E-state index < -0.39 is 5.97 Å². The normalized spacial score (nSPS) is 9.95. The number of carbonyl (C=O) groups is 1. The van der Waals surface area contributed by atoms with Gasteiger partial charge in [0.05, 0.1) is 18.2 Å². The second kappa shape index (κ2) is 6.53. The Kier molecular flexibility index (Phi) is 4.73. The van der Waals surface area contributed by atoms with E-state index in [0.29, 0.717) is 21.8 Å². The van der Waals surface area contributed by atoms with Crippen LogP contribution < -0.4 is 5.73 Å². The van der Waals surface area contributed by atoms with Gasteiger partial charge in [0.25, 0.3) is 0 Å². The van der Waals surface area contributed by atoms with Gasteiger partial charge >= 0.3 is 5.97 Å². The van der Waals surface area contributed by atoms with Gasteiger partial charge < -0.3 is 10.5 Å². The first kappa shape index (κ1) is 15.2. The highest BCUT2D eigenvalue weighted by Gasteiger charge is 2.11. The quantitative estimate of drug-likeness (QED) is 0.689. The largest absolute Gasteiger partial charge is 0.465 e. The number of rotatable bonds is 3. The molecule has 2 rings (SSSR count). The van der Waals surface area contributed by atoms with Crippen LogP contribution in [0.2, 0.25) is 5.02 Å². The summed E-state index contributed by atoms with van der Waals surface area (Å²) < 4.78 is 4.64. The summed E-state index contributed by atoms with van der Waals surface area (Å²) in [6, 6.07) is 12.1. The molecule has 21 heavy (non-hydrogen) atoms. The van der Waals surface area contributed by atoms with Crippen LogP contribution in [0, 0.1) is 11.3 Å². The summed E-state index contributed by atoms with van der Waals surface area (Å²) in [5, 5.41) is 9.63. The Morgan fingerprint density at radius 2 is 2.00 bits per heavy atom. The van der Waals surface area contributed by atoms with E-state index in [1.54, 1.807) is 36.4 Å². The minimum absolute atomic E-state index is 0.385. The number of nitrogens with two attached hydrogens (primary N) is 1. The lowest BCUT2D eigenvalue weighted by Crippen LogP contribution is -2.02. The lowest BCUT2D eigenvalue weighted by molar-refractivity contribution is 0.0600. The van der Waals surface area contributed by atoms with Crippen LogP contribution in [0.4, 0.5) is 5.69 Å². The Hall–Kier alpha value is -2.16. The second-order valence-corrected chi connectivity index (χ2v) is 5.62. The summed E-state index contributed by atoms with van der Waals surface area (Å²) in [7, 11) is 1.31. The molecule has 0 saturated heterocycles. The van der Waals surface area contributed by atoms with E-state index in [4.69, 9.17) is 22.6 Å². The van der Waals surface area contributed by atoms with Gasteiger partial charge in [-0.15, -0.1) is 0 Å². The van der Waals surface area contributed by atoms with Crippen molar-refractivity contribution in [1.82, 2.24) is 0 Å². The molecule has 0 radical (unpaired) electrons. The number of nitriles is 1. The van der Waals surface area contributed by atoms with Crippen LogP contribution in [0.25, 0.3) is 0 Å². The average molecular weight is 319 g/mol. The molecule has 0 aliphatic heterocycles. The van der Waals surface area contributed by atoms with Gasteiger partial charge in [0, 0.05) is 20.5 Å². The van der Waals surface area contributed by atoms with E-state index in [2.05, 4.69) is 10.8 Å². The van der Waals surface area contributed by atoms with Gasteiger partial charge in [-0.1, -0.05) is 23.4 Å². The smallest absolute Gasteiger partial charge is 0.337 e. The third-order valence-corrected chi connectivity index (χ3v) is 4.12. The molecule has 0 unspecified atom stereocenters. The number of benzene rings is 2. The third-order valence-electron chi connectivity index (χ3n) is 2.71. The van der Waals surface area contributed by atoms with Crippen molar-refractivity contribution < 1.29 is 9.53 Å². The maximum Gasteiger partial charge on any atom is 0.337 e. The number of hydrogen-bond donors (Lipinski definition) is 1. The molecular formula is C15H11ClN2O2S. The first-order valence-corrected chi connectivity index (χ1v) is 7.10. The zero-order valence-electron chi connectivity index (χ0n) is 11.1. The standard InChI is InChI=1S/C15H11ClN2O2S/c1-20-15(19)9-2-4-14(12(18)7-9)21-13-5-3-11(16)6-10(13)8-17/h2-7H,18H2,1H3. The van der Waals surface area contributed by atoms with E-state index in [0.717, 1.165) is 9.79 Å². The number of halogens is 1. The summed E-state index contributed by atoms with van der Waals surface area (Å²) in [6.45, 7) is 0. The van der Waals surface area contributed by atoms with E-state index >= 15 is 0 Å². The fourth-order valence-corrected chi connectivity index (χ4v) is 2.76. The second-order valence-electron chi connectivity index (χ2n) is 4.10. The van der Waals surface area contributed by atoms with Crippen LogP contribution in [-0.2, 0) is 4.74 Å². The van der Waals surface area contributed by atoms with Crippen molar-refractivity contribution in [3.63, 3.8) is 0 Å². The Morgan fingerprint density at radius 3 is 2.62 bits per heavy atom. The van der Waals surface area contributed by atoms with Crippen LogP contribution in [0.3, 0.4) is 0 Å². The van der Waals surface area contributed by atoms with Crippen molar-refractivity contribution in [3.8, 4) is 6.07 Å². The molecule has 0 fully saturated rings. The van der Waals surface area contributed by atoms with Crippen LogP contribution in [0.1, 0.15) is 15.9 Å². The zero-order chi connectivity index (χ0) is 15.4. The fourth-order valence-electron chi connectivity index (χ4n) is 1.68. The Balaban J connectivity index is 2.33. The number of carbonyl (C=O) groups excluding carboxylic acids is 1. The number of nitrogens with zero attached hydrogens (tertiary/aromatic N) is 1. The van der Waals surface area contributed by atoms with Gasteiger partial charge in [0.1, 0.15) is 6.07 Å². The van der Waals surface area contributed by atoms with Gasteiger partial charge in [0.2, 0.25) is 0 Å². The van der Waals surface area contributed by atoms with Crippen LogP contribution in [-0.4, -0.2) is 13.1 Å². The Bertz CT molecular complexity index is 741. The molecule has 2 aromatic rings. The summed E-state index contributed by atoms with van der Waals surface area (Å²) >= 11 is 7.21. The van der Waals surface area contributed by atoms with Crippen LogP contribution in [0.5, 0.6) is 0 Å². The van der Waals surface area contributed by atoms with Crippen molar-refractivity contribution >= 4 is 35.0 Å². The molecule has 0 heterocycles. The lowest BCUT2D eigenvalue weighted by atomic mass is 10.2. The number of esters is 1. The van der Waals surface area contributed by atoms with Gasteiger partial charge in [-0.2, -0.15) is 5.26 Å². The van der Waals surface area contributed by atoms with Crippen molar-refractivity contribution in [2.24, 2.45) is 0 Å². The molecule has 0 aliphatic rings. The van der Waals surface area contributed by atoms with Gasteiger partial charge in [-0.3, -0.25) is 0 Å². The van der Waals surface area contributed by atoms with Crippen LogP contribution in [0.15, 0.2) is 46.2 Å². The molecular weight excluding hydrogens is 308 g/mol. The minimum Gasteiger partial charge on any atom is -0.465 e. The highest BCUT2D eigenvalue weighted by molar-refractivity contribution is 7.99. The summed E-state index contributed by atoms with van der Waals surface area (Å²) in [6.07, 6.45) is 0. The zero-order valence-corrected chi connectivity index (χ0v) is 12.7. The first-order chi connectivity index (χ1) is 10.0. The molecule has 2 N–H and O–H groups in total. The molecule has 0 aliphatic carbocycles. The van der Waals surface area contributed by atoms with E-state index in [-0.39, 0.29) is 0 Å². The maximum atomic E-state index is 11.4. The number of methoxy groups -OCH3 is 1. The number of ether oxygens (including phenoxy) is 1. The Morgan fingerprint density at radius 1 is 1.29 bits per heavy atom. The van der Waals surface area contributed by atoms with E-state index in [9.17, 15) is 4.79 Å². The molecule has 106 valence electrons. The number of hydrogen-bond acceptors (Lipinski definition) is 5. The molecule has 0 aromatic heterocycles.